The van der Waals surface area contributed by atoms with Crippen molar-refractivity contribution in [1.29, 1.82) is 0 Å². The first-order valence-electron chi connectivity index (χ1n) is 6.58. The molecule has 0 saturated carbocycles. The minimum atomic E-state index is -0.475. The van der Waals surface area contributed by atoms with Crippen LogP contribution in [0.25, 0.3) is 10.9 Å². The summed E-state index contributed by atoms with van der Waals surface area (Å²) in [6.07, 6.45) is 1.97. The first-order valence-corrected chi connectivity index (χ1v) is 8.68. The van der Waals surface area contributed by atoms with Crippen molar-refractivity contribution < 1.29 is 13.9 Å². The van der Waals surface area contributed by atoms with Crippen LogP contribution in [0.1, 0.15) is 16.1 Å². The van der Waals surface area contributed by atoms with Gasteiger partial charge in [-0.05, 0) is 31.4 Å². The van der Waals surface area contributed by atoms with Crippen molar-refractivity contribution in [3.05, 3.63) is 46.7 Å². The SMILES string of the molecule is COc1cc2cc(C)n(C(=O)c3csc(SC)c3)c2cc1F. The summed E-state index contributed by atoms with van der Waals surface area (Å²) >= 11 is 3.13. The predicted octanol–water partition coefficient (Wildman–Crippen LogP) is 4.57. The summed E-state index contributed by atoms with van der Waals surface area (Å²) in [6.45, 7) is 1.84. The highest BCUT2D eigenvalue weighted by atomic mass is 32.2. The lowest BCUT2D eigenvalue weighted by molar-refractivity contribution is 0.0963. The highest BCUT2D eigenvalue weighted by molar-refractivity contribution is 8.00. The molecular weight excluding hydrogens is 321 g/mol. The number of nitrogens with zero attached hydrogens (tertiary/aromatic N) is 1. The van der Waals surface area contributed by atoms with Gasteiger partial charge in [0.1, 0.15) is 0 Å². The summed E-state index contributed by atoms with van der Waals surface area (Å²) in [6, 6.07) is 6.68. The van der Waals surface area contributed by atoms with E-state index >= 15 is 0 Å². The van der Waals surface area contributed by atoms with Crippen molar-refractivity contribution in [2.45, 2.75) is 11.1 Å². The number of thiophene rings is 1. The van der Waals surface area contributed by atoms with E-state index in [0.717, 1.165) is 15.3 Å². The van der Waals surface area contributed by atoms with Gasteiger partial charge in [-0.3, -0.25) is 9.36 Å². The molecule has 0 aliphatic carbocycles. The second-order valence-electron chi connectivity index (χ2n) is 4.83. The maximum Gasteiger partial charge on any atom is 0.263 e. The fourth-order valence-corrected chi connectivity index (χ4v) is 3.82. The molecule has 0 unspecified atom stereocenters. The zero-order valence-corrected chi connectivity index (χ0v) is 14.0. The van der Waals surface area contributed by atoms with Gasteiger partial charge >= 0.3 is 0 Å². The number of benzene rings is 1. The second-order valence-corrected chi connectivity index (χ2v) is 6.85. The minimum absolute atomic E-state index is 0.145. The Morgan fingerprint density at radius 1 is 1.32 bits per heavy atom. The third-order valence-corrected chi connectivity index (χ3v) is 5.52. The number of carbonyl (C=O) groups is 1. The average Bonchev–Trinajstić information content (AvgIpc) is 3.09. The minimum Gasteiger partial charge on any atom is -0.494 e. The van der Waals surface area contributed by atoms with E-state index in [2.05, 4.69) is 0 Å². The molecule has 0 aliphatic rings. The summed E-state index contributed by atoms with van der Waals surface area (Å²) in [5, 5.41) is 2.61. The number of aryl methyl sites for hydroxylation is 1. The molecule has 0 fully saturated rings. The van der Waals surface area contributed by atoms with Crippen LogP contribution in [0.2, 0.25) is 0 Å². The van der Waals surface area contributed by atoms with Crippen molar-refractivity contribution in [3.8, 4) is 5.75 Å². The summed E-state index contributed by atoms with van der Waals surface area (Å²) in [5.41, 5.74) is 1.94. The van der Waals surface area contributed by atoms with Crippen LogP contribution in [0.3, 0.4) is 0 Å². The Kier molecular flexibility index (Phi) is 3.97. The fraction of sp³-hybridized carbons (Fsp3) is 0.188. The summed E-state index contributed by atoms with van der Waals surface area (Å²) in [7, 11) is 1.43. The number of ether oxygens (including phenoxy) is 1. The second kappa shape index (κ2) is 5.78. The highest BCUT2D eigenvalue weighted by Crippen LogP contribution is 2.30. The van der Waals surface area contributed by atoms with Crippen molar-refractivity contribution >= 4 is 39.9 Å². The van der Waals surface area contributed by atoms with Crippen molar-refractivity contribution in [1.82, 2.24) is 4.57 Å². The van der Waals surface area contributed by atoms with E-state index in [0.29, 0.717) is 11.1 Å². The molecule has 0 bridgehead atoms. The van der Waals surface area contributed by atoms with Gasteiger partial charge in [0.15, 0.2) is 11.6 Å². The number of halogens is 1. The zero-order valence-electron chi connectivity index (χ0n) is 12.3. The third-order valence-electron chi connectivity index (χ3n) is 3.49. The average molecular weight is 335 g/mol. The maximum atomic E-state index is 14.0. The van der Waals surface area contributed by atoms with E-state index in [1.165, 1.54) is 24.5 Å². The lowest BCUT2D eigenvalue weighted by Crippen LogP contribution is -2.12. The van der Waals surface area contributed by atoms with Gasteiger partial charge in [0, 0.05) is 22.5 Å². The van der Waals surface area contributed by atoms with Gasteiger partial charge in [-0.2, -0.15) is 0 Å². The standard InChI is InChI=1S/C16H14FNO2S2/c1-9-4-10-5-14(20-2)12(17)7-13(10)18(9)16(19)11-6-15(21-3)22-8-11/h4-8H,1-3H3. The topological polar surface area (TPSA) is 31.2 Å². The van der Waals surface area contributed by atoms with Gasteiger partial charge in [0.05, 0.1) is 22.4 Å². The largest absolute Gasteiger partial charge is 0.494 e. The summed E-state index contributed by atoms with van der Waals surface area (Å²) in [4.78, 5) is 12.7. The van der Waals surface area contributed by atoms with Gasteiger partial charge in [-0.25, -0.2) is 4.39 Å². The molecule has 0 aliphatic heterocycles. The van der Waals surface area contributed by atoms with Crippen molar-refractivity contribution in [2.75, 3.05) is 13.4 Å². The molecule has 22 heavy (non-hydrogen) atoms. The van der Waals surface area contributed by atoms with E-state index < -0.39 is 5.82 Å². The molecule has 1 aromatic carbocycles. The number of aromatic nitrogens is 1. The Bertz CT molecular complexity index is 867. The molecule has 0 amide bonds. The molecule has 3 nitrogen and oxygen atoms in total. The molecule has 2 aromatic heterocycles. The van der Waals surface area contributed by atoms with Gasteiger partial charge in [0.25, 0.3) is 5.91 Å². The van der Waals surface area contributed by atoms with Crippen molar-refractivity contribution in [2.24, 2.45) is 0 Å². The first-order chi connectivity index (χ1) is 10.5. The molecule has 0 radical (unpaired) electrons. The van der Waals surface area contributed by atoms with E-state index in [-0.39, 0.29) is 11.7 Å². The van der Waals surface area contributed by atoms with Crippen LogP contribution in [0, 0.1) is 12.7 Å². The van der Waals surface area contributed by atoms with E-state index in [1.807, 2.05) is 30.7 Å². The number of hydrogen-bond donors (Lipinski definition) is 0. The fourth-order valence-electron chi connectivity index (χ4n) is 2.44. The molecule has 2 heterocycles. The quantitative estimate of drug-likeness (QED) is 0.657. The lowest BCUT2D eigenvalue weighted by atomic mass is 10.2. The van der Waals surface area contributed by atoms with Gasteiger partial charge in [-0.15, -0.1) is 23.1 Å². The Labute approximate surface area is 135 Å². The Morgan fingerprint density at radius 3 is 2.73 bits per heavy atom. The molecule has 0 spiro atoms. The molecule has 6 heteroatoms. The molecule has 3 rings (SSSR count). The third kappa shape index (κ3) is 2.42. The van der Waals surface area contributed by atoms with E-state index in [1.54, 1.807) is 22.4 Å². The number of hydrogen-bond acceptors (Lipinski definition) is 4. The van der Waals surface area contributed by atoms with Crippen LogP contribution in [0.4, 0.5) is 4.39 Å². The Hall–Kier alpha value is -1.79. The molecule has 0 saturated heterocycles. The van der Waals surface area contributed by atoms with Crippen LogP contribution in [0.5, 0.6) is 5.75 Å². The maximum absolute atomic E-state index is 14.0. The lowest BCUT2D eigenvalue weighted by Gasteiger charge is -2.07. The van der Waals surface area contributed by atoms with Crippen molar-refractivity contribution in [3.63, 3.8) is 0 Å². The number of rotatable bonds is 3. The van der Waals surface area contributed by atoms with Gasteiger partial charge in [0.2, 0.25) is 0 Å². The highest BCUT2D eigenvalue weighted by Gasteiger charge is 2.18. The molecule has 3 aromatic rings. The number of carbonyl (C=O) groups excluding carboxylic acids is 1. The first kappa shape index (κ1) is 15.1. The normalized spacial score (nSPS) is 11.1. The van der Waals surface area contributed by atoms with Crippen LogP contribution >= 0.6 is 23.1 Å². The molecule has 0 atom stereocenters. The number of thioether (sulfide) groups is 1. The van der Waals surface area contributed by atoms with Gasteiger partial charge < -0.3 is 4.74 Å². The van der Waals surface area contributed by atoms with Crippen LogP contribution < -0.4 is 4.74 Å². The van der Waals surface area contributed by atoms with E-state index in [9.17, 15) is 9.18 Å². The molecular formula is C16H14FNO2S2. The van der Waals surface area contributed by atoms with E-state index in [4.69, 9.17) is 4.74 Å². The molecule has 0 N–H and O–H groups in total. The summed E-state index contributed by atoms with van der Waals surface area (Å²) in [5.74, 6) is -0.441. The molecule has 114 valence electrons. The predicted molar refractivity (Wildman–Crippen MR) is 89.0 cm³/mol. The zero-order chi connectivity index (χ0) is 15.9. The van der Waals surface area contributed by atoms with Crippen LogP contribution in [-0.2, 0) is 0 Å². The number of fused-ring (bicyclic) bond motifs is 1. The van der Waals surface area contributed by atoms with Crippen LogP contribution in [-0.4, -0.2) is 23.8 Å². The smallest absolute Gasteiger partial charge is 0.263 e. The monoisotopic (exact) mass is 335 g/mol. The summed E-state index contributed by atoms with van der Waals surface area (Å²) < 4.78 is 21.6. The Balaban J connectivity index is 2.15. The number of methoxy groups -OCH3 is 1. The Morgan fingerprint density at radius 2 is 2.09 bits per heavy atom. The van der Waals surface area contributed by atoms with Crippen LogP contribution in [0.15, 0.2) is 33.9 Å². The van der Waals surface area contributed by atoms with Gasteiger partial charge in [-0.1, -0.05) is 0 Å².